The molecular weight excluding hydrogens is 136 g/mol. The van der Waals surface area contributed by atoms with Crippen LogP contribution in [0.5, 0.6) is 0 Å². The number of aliphatic hydroxyl groups is 1. The quantitative estimate of drug-likeness (QED) is 0.561. The predicted octanol–water partition coefficient (Wildman–Crippen LogP) is 1.44. The van der Waals surface area contributed by atoms with Crippen molar-refractivity contribution in [2.24, 2.45) is 29.1 Å². The average Bonchev–Trinajstić information content (AvgIpc) is 2.43. The van der Waals surface area contributed by atoms with E-state index in [2.05, 4.69) is 19.1 Å². The Morgan fingerprint density at radius 2 is 2.36 bits per heavy atom. The second-order valence-electron chi connectivity index (χ2n) is 4.59. The number of aliphatic hydroxyl groups excluding tert-OH is 1. The summed E-state index contributed by atoms with van der Waals surface area (Å²) in [6.07, 6.45) is 5.99. The van der Waals surface area contributed by atoms with Crippen LogP contribution in [0.2, 0.25) is 0 Å². The first-order valence-electron chi connectivity index (χ1n) is 4.57. The average molecular weight is 150 g/mol. The van der Waals surface area contributed by atoms with Gasteiger partial charge in [0.05, 0.1) is 0 Å². The van der Waals surface area contributed by atoms with Gasteiger partial charge >= 0.3 is 0 Å². The summed E-state index contributed by atoms with van der Waals surface area (Å²) in [4.78, 5) is 0. The zero-order chi connectivity index (χ0) is 7.64. The molecule has 2 fully saturated rings. The van der Waals surface area contributed by atoms with Crippen LogP contribution in [0.3, 0.4) is 0 Å². The standard InChI is InChI=1S/C10H14O/c1-10-7-2-3-8(10)9(10)6(4-7)5-11/h2-3,6-9,11H,4-5H2,1H3/t6-,7-,8+,9-,10?/m0/s1. The maximum absolute atomic E-state index is 9.11. The summed E-state index contributed by atoms with van der Waals surface area (Å²) in [6.45, 7) is 2.80. The fourth-order valence-corrected chi connectivity index (χ4v) is 3.68. The van der Waals surface area contributed by atoms with Crippen molar-refractivity contribution in [2.75, 3.05) is 6.61 Å². The van der Waals surface area contributed by atoms with Gasteiger partial charge in [-0.25, -0.2) is 0 Å². The van der Waals surface area contributed by atoms with Gasteiger partial charge in [-0.05, 0) is 35.5 Å². The van der Waals surface area contributed by atoms with E-state index < -0.39 is 0 Å². The third kappa shape index (κ3) is 0.478. The summed E-state index contributed by atoms with van der Waals surface area (Å²) >= 11 is 0. The molecule has 3 rings (SSSR count). The highest BCUT2D eigenvalue weighted by molar-refractivity contribution is 5.32. The van der Waals surface area contributed by atoms with Gasteiger partial charge in [-0.2, -0.15) is 0 Å². The van der Waals surface area contributed by atoms with Gasteiger partial charge < -0.3 is 5.11 Å². The minimum absolute atomic E-state index is 0.412. The van der Waals surface area contributed by atoms with Crippen LogP contribution in [0.25, 0.3) is 0 Å². The second kappa shape index (κ2) is 1.56. The Labute approximate surface area is 67.1 Å². The number of fused-ring (bicyclic) bond motifs is 1. The SMILES string of the molecule is CC12[C@H]3[C@H](CO)C[C@@H]1C=C[C@H]32. The fraction of sp³-hybridized carbons (Fsp3) is 0.800. The zero-order valence-electron chi connectivity index (χ0n) is 6.83. The molecule has 0 aromatic rings. The third-order valence-electron chi connectivity index (χ3n) is 4.36. The molecule has 0 aromatic heterocycles. The first-order chi connectivity index (χ1) is 5.28. The molecule has 1 nitrogen and oxygen atoms in total. The molecule has 5 atom stereocenters. The molecular formula is C10H14O. The summed E-state index contributed by atoms with van der Waals surface area (Å²) in [5, 5.41) is 9.11. The maximum Gasteiger partial charge on any atom is 0.0462 e. The zero-order valence-corrected chi connectivity index (χ0v) is 6.83. The molecule has 0 heterocycles. The fourth-order valence-electron chi connectivity index (χ4n) is 3.68. The van der Waals surface area contributed by atoms with Crippen LogP contribution >= 0.6 is 0 Å². The monoisotopic (exact) mass is 150 g/mol. The van der Waals surface area contributed by atoms with Gasteiger partial charge in [-0.1, -0.05) is 19.1 Å². The summed E-state index contributed by atoms with van der Waals surface area (Å²) in [6, 6.07) is 0. The van der Waals surface area contributed by atoms with Gasteiger partial charge in [0, 0.05) is 6.61 Å². The second-order valence-corrected chi connectivity index (χ2v) is 4.59. The molecule has 0 spiro atoms. The van der Waals surface area contributed by atoms with Crippen LogP contribution in [-0.4, -0.2) is 11.7 Å². The van der Waals surface area contributed by atoms with Gasteiger partial charge in [0.15, 0.2) is 0 Å². The number of rotatable bonds is 1. The number of allylic oxidation sites excluding steroid dienone is 2. The van der Waals surface area contributed by atoms with Crippen LogP contribution in [-0.2, 0) is 0 Å². The minimum Gasteiger partial charge on any atom is -0.396 e. The van der Waals surface area contributed by atoms with E-state index in [1.807, 2.05) is 0 Å². The van der Waals surface area contributed by atoms with E-state index in [4.69, 9.17) is 5.11 Å². The normalized spacial score (nSPS) is 63.5. The van der Waals surface area contributed by atoms with Crippen LogP contribution in [0.1, 0.15) is 13.3 Å². The van der Waals surface area contributed by atoms with E-state index in [1.54, 1.807) is 0 Å². The Hall–Kier alpha value is -0.300. The Balaban J connectivity index is 1.97. The van der Waals surface area contributed by atoms with Crippen molar-refractivity contribution < 1.29 is 5.11 Å². The van der Waals surface area contributed by atoms with Crippen molar-refractivity contribution in [3.8, 4) is 0 Å². The molecule has 0 radical (unpaired) electrons. The Bertz CT molecular complexity index is 233. The van der Waals surface area contributed by atoms with E-state index in [-0.39, 0.29) is 0 Å². The smallest absolute Gasteiger partial charge is 0.0462 e. The molecule has 0 amide bonds. The Morgan fingerprint density at radius 1 is 1.55 bits per heavy atom. The van der Waals surface area contributed by atoms with Crippen molar-refractivity contribution in [3.05, 3.63) is 12.2 Å². The molecule has 3 aliphatic carbocycles. The van der Waals surface area contributed by atoms with E-state index in [0.29, 0.717) is 17.9 Å². The van der Waals surface area contributed by atoms with Gasteiger partial charge in [-0.3, -0.25) is 0 Å². The van der Waals surface area contributed by atoms with Crippen molar-refractivity contribution in [1.29, 1.82) is 0 Å². The lowest BCUT2D eigenvalue weighted by atomic mass is 9.93. The largest absolute Gasteiger partial charge is 0.396 e. The predicted molar refractivity (Wildman–Crippen MR) is 42.9 cm³/mol. The van der Waals surface area contributed by atoms with Crippen molar-refractivity contribution in [1.82, 2.24) is 0 Å². The highest BCUT2D eigenvalue weighted by atomic mass is 16.3. The van der Waals surface area contributed by atoms with Gasteiger partial charge in [0.1, 0.15) is 0 Å². The third-order valence-corrected chi connectivity index (χ3v) is 4.36. The molecule has 1 N–H and O–H groups in total. The highest BCUT2D eigenvalue weighted by Gasteiger charge is 2.71. The lowest BCUT2D eigenvalue weighted by Crippen LogP contribution is -2.07. The summed E-state index contributed by atoms with van der Waals surface area (Å²) in [5.41, 5.74) is 0.591. The van der Waals surface area contributed by atoms with Crippen LogP contribution in [0.15, 0.2) is 12.2 Å². The minimum atomic E-state index is 0.412. The maximum atomic E-state index is 9.11. The van der Waals surface area contributed by atoms with E-state index in [0.717, 1.165) is 17.8 Å². The van der Waals surface area contributed by atoms with Crippen molar-refractivity contribution >= 4 is 0 Å². The summed E-state index contributed by atoms with van der Waals surface area (Å²) in [5.74, 6) is 3.08. The van der Waals surface area contributed by atoms with E-state index in [1.165, 1.54) is 6.42 Å². The molecule has 1 unspecified atom stereocenters. The molecule has 1 heteroatoms. The summed E-state index contributed by atoms with van der Waals surface area (Å²) in [7, 11) is 0. The molecule has 0 bridgehead atoms. The number of hydrogen-bond acceptors (Lipinski definition) is 1. The van der Waals surface area contributed by atoms with Crippen LogP contribution < -0.4 is 0 Å². The highest BCUT2D eigenvalue weighted by Crippen LogP contribution is 2.76. The molecule has 0 aliphatic heterocycles. The number of hydrogen-bond donors (Lipinski definition) is 1. The van der Waals surface area contributed by atoms with Crippen LogP contribution in [0.4, 0.5) is 0 Å². The first-order valence-corrected chi connectivity index (χ1v) is 4.57. The first kappa shape index (κ1) is 6.24. The van der Waals surface area contributed by atoms with Gasteiger partial charge in [0.2, 0.25) is 0 Å². The van der Waals surface area contributed by atoms with Crippen molar-refractivity contribution in [3.63, 3.8) is 0 Å². The molecule has 0 aromatic carbocycles. The Kier molecular flexibility index (Phi) is 0.885. The van der Waals surface area contributed by atoms with Crippen LogP contribution in [0, 0.1) is 29.1 Å². The lowest BCUT2D eigenvalue weighted by Gasteiger charge is -2.11. The molecule has 11 heavy (non-hydrogen) atoms. The topological polar surface area (TPSA) is 20.2 Å². The van der Waals surface area contributed by atoms with Crippen molar-refractivity contribution in [2.45, 2.75) is 13.3 Å². The lowest BCUT2D eigenvalue weighted by molar-refractivity contribution is 0.208. The summed E-state index contributed by atoms with van der Waals surface area (Å²) < 4.78 is 0. The van der Waals surface area contributed by atoms with E-state index in [9.17, 15) is 0 Å². The molecule has 2 saturated carbocycles. The Morgan fingerprint density at radius 3 is 2.91 bits per heavy atom. The molecule has 0 saturated heterocycles. The van der Waals surface area contributed by atoms with E-state index >= 15 is 0 Å². The van der Waals surface area contributed by atoms with Gasteiger partial charge in [-0.15, -0.1) is 0 Å². The molecule has 3 aliphatic rings. The van der Waals surface area contributed by atoms with Gasteiger partial charge in [0.25, 0.3) is 0 Å². The molecule has 60 valence electrons.